The van der Waals surface area contributed by atoms with E-state index < -0.39 is 5.97 Å². The van der Waals surface area contributed by atoms with Crippen LogP contribution in [0, 0.1) is 0 Å². The number of methoxy groups -OCH3 is 1. The minimum atomic E-state index is -0.586. The van der Waals surface area contributed by atoms with Crippen LogP contribution in [0.2, 0.25) is 5.28 Å². The van der Waals surface area contributed by atoms with E-state index in [9.17, 15) is 4.79 Å². The van der Waals surface area contributed by atoms with E-state index in [1.165, 1.54) is 13.3 Å². The topological polar surface area (TPSA) is 61.3 Å². The van der Waals surface area contributed by atoms with Gasteiger partial charge in [0.25, 0.3) is 0 Å². The lowest BCUT2D eigenvalue weighted by Crippen LogP contribution is -2.06. The Labute approximate surface area is 108 Å². The van der Waals surface area contributed by atoms with Gasteiger partial charge in [-0.2, -0.15) is 4.98 Å². The number of halogens is 1. The second-order valence-electron chi connectivity index (χ2n) is 3.26. The van der Waals surface area contributed by atoms with E-state index in [0.717, 1.165) is 0 Å². The van der Waals surface area contributed by atoms with Gasteiger partial charge in [-0.25, -0.2) is 9.78 Å². The van der Waals surface area contributed by atoms with Crippen molar-refractivity contribution in [2.45, 2.75) is 0 Å². The van der Waals surface area contributed by atoms with Crippen molar-refractivity contribution in [2.75, 3.05) is 7.11 Å². The van der Waals surface area contributed by atoms with Crippen molar-refractivity contribution in [2.24, 2.45) is 0 Å². The molecule has 0 aliphatic heterocycles. The van der Waals surface area contributed by atoms with Crippen molar-refractivity contribution in [3.63, 3.8) is 0 Å². The molecule has 0 amide bonds. The van der Waals surface area contributed by atoms with E-state index in [1.54, 1.807) is 24.3 Å². The number of benzene rings is 1. The predicted molar refractivity (Wildman–Crippen MR) is 64.9 cm³/mol. The number of aromatic nitrogens is 2. The van der Waals surface area contributed by atoms with Crippen LogP contribution in [0.4, 0.5) is 0 Å². The Bertz CT molecular complexity index is 561. The van der Waals surface area contributed by atoms with Gasteiger partial charge in [-0.15, -0.1) is 0 Å². The standard InChI is InChI=1S/C12H9ClN2O3/c1-17-11(16)9-7-14-12(13)15-10(9)18-8-5-3-2-4-6-8/h2-7H,1H3. The zero-order chi connectivity index (χ0) is 13.0. The Morgan fingerprint density at radius 1 is 1.28 bits per heavy atom. The van der Waals surface area contributed by atoms with E-state index in [1.807, 2.05) is 6.07 Å². The summed E-state index contributed by atoms with van der Waals surface area (Å²) in [5.74, 6) is 0.0167. The first kappa shape index (κ1) is 12.3. The third-order valence-electron chi connectivity index (χ3n) is 2.09. The van der Waals surface area contributed by atoms with Crippen molar-refractivity contribution in [1.82, 2.24) is 9.97 Å². The van der Waals surface area contributed by atoms with Gasteiger partial charge in [-0.1, -0.05) is 18.2 Å². The van der Waals surface area contributed by atoms with Crippen LogP contribution in [0.3, 0.4) is 0 Å². The molecule has 0 radical (unpaired) electrons. The summed E-state index contributed by atoms with van der Waals surface area (Å²) in [6.45, 7) is 0. The van der Waals surface area contributed by atoms with Crippen molar-refractivity contribution in [3.05, 3.63) is 47.4 Å². The SMILES string of the molecule is COC(=O)c1cnc(Cl)nc1Oc1ccccc1. The molecule has 0 bridgehead atoms. The summed E-state index contributed by atoms with van der Waals surface area (Å²) >= 11 is 5.68. The van der Waals surface area contributed by atoms with Gasteiger partial charge in [-0.05, 0) is 23.7 Å². The van der Waals surface area contributed by atoms with Gasteiger partial charge < -0.3 is 9.47 Å². The molecule has 1 heterocycles. The zero-order valence-corrected chi connectivity index (χ0v) is 10.2. The first-order valence-electron chi connectivity index (χ1n) is 5.04. The monoisotopic (exact) mass is 264 g/mol. The van der Waals surface area contributed by atoms with Gasteiger partial charge in [0.2, 0.25) is 11.2 Å². The maximum atomic E-state index is 11.5. The maximum Gasteiger partial charge on any atom is 0.345 e. The highest BCUT2D eigenvalue weighted by atomic mass is 35.5. The van der Waals surface area contributed by atoms with Crippen molar-refractivity contribution in [3.8, 4) is 11.6 Å². The average Bonchev–Trinajstić information content (AvgIpc) is 2.39. The molecule has 0 unspecified atom stereocenters. The largest absolute Gasteiger partial charge is 0.465 e. The minimum absolute atomic E-state index is 0.00594. The summed E-state index contributed by atoms with van der Waals surface area (Å²) in [4.78, 5) is 19.1. The Balaban J connectivity index is 2.36. The summed E-state index contributed by atoms with van der Waals surface area (Å²) in [6, 6.07) is 8.92. The molecule has 0 atom stereocenters. The van der Waals surface area contributed by atoms with Crippen LogP contribution in [0.15, 0.2) is 36.5 Å². The van der Waals surface area contributed by atoms with E-state index in [0.29, 0.717) is 5.75 Å². The summed E-state index contributed by atoms with van der Waals surface area (Å²) in [7, 11) is 1.27. The molecule has 0 saturated heterocycles. The smallest absolute Gasteiger partial charge is 0.345 e. The van der Waals surface area contributed by atoms with Crippen molar-refractivity contribution >= 4 is 17.6 Å². The van der Waals surface area contributed by atoms with E-state index in [2.05, 4.69) is 14.7 Å². The predicted octanol–water partition coefficient (Wildman–Crippen LogP) is 2.71. The fraction of sp³-hybridized carbons (Fsp3) is 0.0833. The summed E-state index contributed by atoms with van der Waals surface area (Å²) in [5.41, 5.74) is 0.116. The molecule has 1 aromatic carbocycles. The molecule has 2 aromatic rings. The number of carbonyl (C=O) groups excluding carboxylic acids is 1. The lowest BCUT2D eigenvalue weighted by molar-refractivity contribution is 0.0596. The fourth-order valence-electron chi connectivity index (χ4n) is 1.27. The third-order valence-corrected chi connectivity index (χ3v) is 2.27. The number of carbonyl (C=O) groups is 1. The summed E-state index contributed by atoms with van der Waals surface area (Å²) in [6.07, 6.45) is 1.26. The van der Waals surface area contributed by atoms with E-state index >= 15 is 0 Å². The maximum absolute atomic E-state index is 11.5. The molecule has 6 heteroatoms. The molecule has 0 spiro atoms. The lowest BCUT2D eigenvalue weighted by Gasteiger charge is -2.08. The highest BCUT2D eigenvalue weighted by Gasteiger charge is 2.16. The summed E-state index contributed by atoms with van der Waals surface area (Å²) in [5, 5.41) is -0.00594. The Morgan fingerprint density at radius 3 is 2.67 bits per heavy atom. The summed E-state index contributed by atoms with van der Waals surface area (Å²) < 4.78 is 10.1. The Morgan fingerprint density at radius 2 is 2.00 bits per heavy atom. The highest BCUT2D eigenvalue weighted by Crippen LogP contribution is 2.24. The molecular weight excluding hydrogens is 256 g/mol. The average molecular weight is 265 g/mol. The molecule has 0 aliphatic rings. The van der Waals surface area contributed by atoms with Crippen LogP contribution in [-0.4, -0.2) is 23.0 Å². The second-order valence-corrected chi connectivity index (χ2v) is 3.60. The molecule has 1 aromatic heterocycles. The number of nitrogens with zero attached hydrogens (tertiary/aromatic N) is 2. The molecule has 18 heavy (non-hydrogen) atoms. The molecule has 5 nitrogen and oxygen atoms in total. The van der Waals surface area contributed by atoms with Crippen LogP contribution in [0.5, 0.6) is 11.6 Å². The number of rotatable bonds is 3. The van der Waals surface area contributed by atoms with Crippen LogP contribution < -0.4 is 4.74 Å². The number of esters is 1. The highest BCUT2D eigenvalue weighted by molar-refractivity contribution is 6.28. The van der Waals surface area contributed by atoms with Gasteiger partial charge in [0.05, 0.1) is 13.3 Å². The molecular formula is C12H9ClN2O3. The Kier molecular flexibility index (Phi) is 3.74. The number of para-hydroxylation sites is 1. The Hall–Kier alpha value is -2.14. The van der Waals surface area contributed by atoms with Gasteiger partial charge in [-0.3, -0.25) is 0 Å². The zero-order valence-electron chi connectivity index (χ0n) is 9.46. The van der Waals surface area contributed by atoms with Gasteiger partial charge in [0.1, 0.15) is 11.3 Å². The molecule has 92 valence electrons. The van der Waals surface area contributed by atoms with E-state index in [-0.39, 0.29) is 16.7 Å². The van der Waals surface area contributed by atoms with Gasteiger partial charge >= 0.3 is 5.97 Å². The van der Waals surface area contributed by atoms with Gasteiger partial charge in [0.15, 0.2) is 0 Å². The van der Waals surface area contributed by atoms with Gasteiger partial charge in [0, 0.05) is 0 Å². The van der Waals surface area contributed by atoms with Crippen LogP contribution in [0.1, 0.15) is 10.4 Å². The van der Waals surface area contributed by atoms with E-state index in [4.69, 9.17) is 16.3 Å². The number of hydrogen-bond acceptors (Lipinski definition) is 5. The third kappa shape index (κ3) is 2.75. The molecule has 0 aliphatic carbocycles. The van der Waals surface area contributed by atoms with Crippen LogP contribution in [-0.2, 0) is 4.74 Å². The van der Waals surface area contributed by atoms with Crippen molar-refractivity contribution in [1.29, 1.82) is 0 Å². The van der Waals surface area contributed by atoms with Crippen molar-refractivity contribution < 1.29 is 14.3 Å². The first-order chi connectivity index (χ1) is 8.70. The first-order valence-corrected chi connectivity index (χ1v) is 5.42. The normalized spacial score (nSPS) is 9.89. The quantitative estimate of drug-likeness (QED) is 0.630. The molecule has 0 N–H and O–H groups in total. The lowest BCUT2D eigenvalue weighted by atomic mass is 10.3. The fourth-order valence-corrected chi connectivity index (χ4v) is 1.40. The molecule has 0 fully saturated rings. The minimum Gasteiger partial charge on any atom is -0.465 e. The molecule has 0 saturated carbocycles. The number of hydrogen-bond donors (Lipinski definition) is 0. The van der Waals surface area contributed by atoms with Crippen LogP contribution >= 0.6 is 11.6 Å². The van der Waals surface area contributed by atoms with Crippen LogP contribution in [0.25, 0.3) is 0 Å². The molecule has 2 rings (SSSR count). The number of ether oxygens (including phenoxy) is 2. The second kappa shape index (κ2) is 5.46.